The Morgan fingerprint density at radius 2 is 2.24 bits per heavy atom. The van der Waals surface area contributed by atoms with Crippen LogP contribution < -0.4 is 15.6 Å². The average Bonchev–Trinajstić information content (AvgIpc) is 3.02. The van der Waals surface area contributed by atoms with Crippen molar-refractivity contribution >= 4 is 31.4 Å². The summed E-state index contributed by atoms with van der Waals surface area (Å²) in [6, 6.07) is 2.58. The standard InChI is InChI=1S/C15H20BN3O6/c1-24-15(23)18-6-13(20)19-7-9(4-11(19)14(21)22)8-25-10-2-3-17-12(16)5-10/h2-3,5,9,11H,4,6-8,16H2,1H3,(H,18,23)(H,21,22)/t9-,11+/m1/s1. The third kappa shape index (κ3) is 5.10. The van der Waals surface area contributed by atoms with E-state index in [-0.39, 0.29) is 19.0 Å². The van der Waals surface area contributed by atoms with Gasteiger partial charge in [0.15, 0.2) is 7.85 Å². The molecule has 0 aliphatic carbocycles. The second kappa shape index (κ2) is 8.36. The molecule has 25 heavy (non-hydrogen) atoms. The number of alkyl carbamates (subject to hydrolysis) is 1. The van der Waals surface area contributed by atoms with Crippen molar-refractivity contribution in [3.8, 4) is 5.75 Å². The molecule has 2 amide bonds. The number of amides is 2. The fraction of sp³-hybridized carbons (Fsp3) is 0.467. The van der Waals surface area contributed by atoms with E-state index >= 15 is 0 Å². The summed E-state index contributed by atoms with van der Waals surface area (Å²) in [5, 5.41) is 11.6. The molecular formula is C15H20BN3O6. The summed E-state index contributed by atoms with van der Waals surface area (Å²) in [4.78, 5) is 40.0. The average molecular weight is 349 g/mol. The number of carbonyl (C=O) groups is 3. The molecule has 0 bridgehead atoms. The molecule has 2 rings (SSSR count). The van der Waals surface area contributed by atoms with Crippen molar-refractivity contribution in [2.24, 2.45) is 5.92 Å². The van der Waals surface area contributed by atoms with Crippen molar-refractivity contribution in [1.29, 1.82) is 0 Å². The Labute approximate surface area is 145 Å². The highest BCUT2D eigenvalue weighted by Crippen LogP contribution is 2.24. The van der Waals surface area contributed by atoms with Gasteiger partial charge in [-0.25, -0.2) is 9.59 Å². The molecule has 1 aliphatic rings. The summed E-state index contributed by atoms with van der Waals surface area (Å²) in [6.45, 7) is 0.234. The lowest BCUT2D eigenvalue weighted by atomic mass is 10.0. The number of rotatable bonds is 6. The maximum atomic E-state index is 12.2. The molecule has 0 aromatic carbocycles. The van der Waals surface area contributed by atoms with Crippen LogP contribution in [-0.2, 0) is 14.3 Å². The summed E-state index contributed by atoms with van der Waals surface area (Å²) in [6.07, 6.45) is 1.18. The van der Waals surface area contributed by atoms with E-state index in [0.29, 0.717) is 18.8 Å². The first-order valence-corrected chi connectivity index (χ1v) is 7.80. The Balaban J connectivity index is 1.93. The Morgan fingerprint density at radius 3 is 2.88 bits per heavy atom. The van der Waals surface area contributed by atoms with Crippen LogP contribution in [0.4, 0.5) is 4.79 Å². The molecule has 0 unspecified atom stereocenters. The number of aliphatic carboxylic acids is 1. The van der Waals surface area contributed by atoms with E-state index in [0.717, 1.165) is 5.59 Å². The number of methoxy groups -OCH3 is 1. The minimum atomic E-state index is -1.08. The first kappa shape index (κ1) is 18.6. The summed E-state index contributed by atoms with van der Waals surface area (Å²) in [7, 11) is 3.03. The van der Waals surface area contributed by atoms with E-state index in [2.05, 4.69) is 15.0 Å². The van der Waals surface area contributed by atoms with Crippen molar-refractivity contribution in [3.63, 3.8) is 0 Å². The molecule has 10 heteroatoms. The maximum Gasteiger partial charge on any atom is 0.407 e. The van der Waals surface area contributed by atoms with Crippen LogP contribution in [0.3, 0.4) is 0 Å². The fourth-order valence-corrected chi connectivity index (χ4v) is 2.70. The van der Waals surface area contributed by atoms with Crippen molar-refractivity contribution in [3.05, 3.63) is 18.3 Å². The lowest BCUT2D eigenvalue weighted by Gasteiger charge is -2.21. The largest absolute Gasteiger partial charge is 0.493 e. The molecule has 1 aromatic rings. The van der Waals surface area contributed by atoms with Crippen molar-refractivity contribution in [2.75, 3.05) is 26.8 Å². The highest BCUT2D eigenvalue weighted by Gasteiger charge is 2.39. The number of nitrogens with one attached hydrogen (secondary N) is 1. The van der Waals surface area contributed by atoms with Gasteiger partial charge in [-0.3, -0.25) is 9.78 Å². The van der Waals surface area contributed by atoms with Gasteiger partial charge in [0.2, 0.25) is 5.91 Å². The highest BCUT2D eigenvalue weighted by molar-refractivity contribution is 6.30. The van der Waals surface area contributed by atoms with E-state index in [1.54, 1.807) is 18.3 Å². The smallest absolute Gasteiger partial charge is 0.407 e. The van der Waals surface area contributed by atoms with E-state index in [4.69, 9.17) is 4.74 Å². The zero-order valence-electron chi connectivity index (χ0n) is 14.1. The summed E-state index contributed by atoms with van der Waals surface area (Å²) in [5.74, 6) is -1.01. The Morgan fingerprint density at radius 1 is 1.48 bits per heavy atom. The third-order valence-corrected chi connectivity index (χ3v) is 3.92. The number of carboxylic acid groups (broad SMARTS) is 1. The number of hydrogen-bond acceptors (Lipinski definition) is 6. The van der Waals surface area contributed by atoms with Crippen LogP contribution in [0.5, 0.6) is 5.75 Å². The number of carbonyl (C=O) groups excluding carboxylic acids is 2. The molecule has 1 saturated heterocycles. The highest BCUT2D eigenvalue weighted by atomic mass is 16.5. The second-order valence-corrected chi connectivity index (χ2v) is 5.79. The molecular weight excluding hydrogens is 329 g/mol. The normalized spacial score (nSPS) is 19.3. The van der Waals surface area contributed by atoms with Crippen LogP contribution in [0, 0.1) is 5.92 Å². The second-order valence-electron chi connectivity index (χ2n) is 5.79. The van der Waals surface area contributed by atoms with Crippen LogP contribution in [0.25, 0.3) is 0 Å². The quantitative estimate of drug-likeness (QED) is 0.593. The molecule has 2 atom stereocenters. The zero-order valence-corrected chi connectivity index (χ0v) is 14.1. The number of nitrogens with zero attached hydrogens (tertiary/aromatic N) is 2. The summed E-state index contributed by atoms with van der Waals surface area (Å²) < 4.78 is 10.1. The Kier molecular flexibility index (Phi) is 6.21. The van der Waals surface area contributed by atoms with Crippen LogP contribution in [0.1, 0.15) is 6.42 Å². The van der Waals surface area contributed by atoms with E-state index in [1.165, 1.54) is 12.0 Å². The number of hydrogen-bond donors (Lipinski definition) is 2. The number of pyridine rings is 1. The topological polar surface area (TPSA) is 118 Å². The maximum absolute atomic E-state index is 12.2. The lowest BCUT2D eigenvalue weighted by molar-refractivity contribution is -0.147. The SMILES string of the molecule is Bc1cc(OC[C@@H]2C[C@@H](C(=O)O)N(C(=O)CNC(=O)OC)C2)ccn1. The number of ether oxygens (including phenoxy) is 2. The van der Waals surface area contributed by atoms with Crippen LogP contribution in [0.15, 0.2) is 18.3 Å². The Hall–Kier alpha value is -2.78. The minimum Gasteiger partial charge on any atom is -0.493 e. The van der Waals surface area contributed by atoms with Crippen molar-refractivity contribution < 1.29 is 29.0 Å². The van der Waals surface area contributed by atoms with Gasteiger partial charge < -0.3 is 24.8 Å². The molecule has 1 fully saturated rings. The lowest BCUT2D eigenvalue weighted by Crippen LogP contribution is -2.45. The van der Waals surface area contributed by atoms with Gasteiger partial charge in [-0.1, -0.05) is 0 Å². The van der Waals surface area contributed by atoms with Gasteiger partial charge in [-0.2, -0.15) is 0 Å². The zero-order chi connectivity index (χ0) is 18.4. The van der Waals surface area contributed by atoms with Crippen molar-refractivity contribution in [2.45, 2.75) is 12.5 Å². The molecule has 1 aromatic heterocycles. The van der Waals surface area contributed by atoms with Crippen LogP contribution in [-0.4, -0.2) is 73.7 Å². The molecule has 0 spiro atoms. The first-order valence-electron chi connectivity index (χ1n) is 7.80. The van der Waals surface area contributed by atoms with Gasteiger partial charge in [0.1, 0.15) is 18.3 Å². The third-order valence-electron chi connectivity index (χ3n) is 3.92. The summed E-state index contributed by atoms with van der Waals surface area (Å²) in [5.41, 5.74) is 0.818. The molecule has 0 radical (unpaired) electrons. The van der Waals surface area contributed by atoms with Crippen LogP contribution >= 0.6 is 0 Å². The van der Waals surface area contributed by atoms with E-state index in [1.807, 2.05) is 7.85 Å². The van der Waals surface area contributed by atoms with Crippen molar-refractivity contribution in [1.82, 2.24) is 15.2 Å². The molecule has 134 valence electrons. The molecule has 9 nitrogen and oxygen atoms in total. The first-order chi connectivity index (χ1) is 11.9. The van der Waals surface area contributed by atoms with Gasteiger partial charge in [-0.15, -0.1) is 0 Å². The molecule has 1 aliphatic heterocycles. The van der Waals surface area contributed by atoms with Gasteiger partial charge >= 0.3 is 12.1 Å². The fourth-order valence-electron chi connectivity index (χ4n) is 2.70. The molecule has 2 heterocycles. The summed E-state index contributed by atoms with van der Waals surface area (Å²) >= 11 is 0. The molecule has 2 N–H and O–H groups in total. The number of carboxylic acids is 1. The monoisotopic (exact) mass is 349 g/mol. The Bertz CT molecular complexity index is 656. The van der Waals surface area contributed by atoms with Gasteiger partial charge in [0.05, 0.1) is 13.7 Å². The van der Waals surface area contributed by atoms with E-state index in [9.17, 15) is 19.5 Å². The van der Waals surface area contributed by atoms with Gasteiger partial charge in [0.25, 0.3) is 0 Å². The predicted octanol–water partition coefficient (Wildman–Crippen LogP) is -1.62. The van der Waals surface area contributed by atoms with Gasteiger partial charge in [0, 0.05) is 18.7 Å². The number of likely N-dealkylation sites (tertiary alicyclic amines) is 1. The molecule has 0 saturated carbocycles. The van der Waals surface area contributed by atoms with Gasteiger partial charge in [-0.05, 0) is 24.1 Å². The minimum absolute atomic E-state index is 0.114. The van der Waals surface area contributed by atoms with Crippen LogP contribution in [0.2, 0.25) is 0 Å². The predicted molar refractivity (Wildman–Crippen MR) is 89.6 cm³/mol. The van der Waals surface area contributed by atoms with E-state index < -0.39 is 24.0 Å². The number of aromatic nitrogens is 1.